The Morgan fingerprint density at radius 2 is 2.00 bits per heavy atom. The van der Waals surface area contributed by atoms with Crippen LogP contribution in [0, 0.1) is 5.92 Å². The van der Waals surface area contributed by atoms with E-state index in [1.807, 2.05) is 13.8 Å². The Labute approximate surface area is 80.1 Å². The van der Waals surface area contributed by atoms with Gasteiger partial charge in [-0.15, -0.1) is 12.4 Å². The number of hydrogen-bond donors (Lipinski definition) is 1. The number of halogens is 1. The van der Waals surface area contributed by atoms with Crippen molar-refractivity contribution in [1.82, 2.24) is 0 Å². The minimum atomic E-state index is -0.458. The van der Waals surface area contributed by atoms with E-state index in [1.165, 1.54) is 0 Å². The van der Waals surface area contributed by atoms with Gasteiger partial charge in [0, 0.05) is 0 Å². The molecule has 0 saturated heterocycles. The quantitative estimate of drug-likeness (QED) is 0.689. The number of ether oxygens (including phenoxy) is 1. The number of nitrogens with two attached hydrogens (primary N) is 1. The maximum absolute atomic E-state index is 11.0. The molecule has 0 heterocycles. The minimum Gasteiger partial charge on any atom is -0.465 e. The average Bonchev–Trinajstić information content (AvgIpc) is 2.02. The third-order valence-electron chi connectivity index (χ3n) is 1.82. The highest BCUT2D eigenvalue weighted by molar-refractivity contribution is 5.85. The zero-order valence-corrected chi connectivity index (χ0v) is 8.69. The van der Waals surface area contributed by atoms with Gasteiger partial charge in [0.2, 0.25) is 0 Å². The summed E-state index contributed by atoms with van der Waals surface area (Å²) in [4.78, 5) is 11.0. The van der Waals surface area contributed by atoms with Crippen LogP contribution in [0.3, 0.4) is 0 Å². The van der Waals surface area contributed by atoms with Gasteiger partial charge >= 0.3 is 5.97 Å². The summed E-state index contributed by atoms with van der Waals surface area (Å²) in [6, 6.07) is -0.458. The van der Waals surface area contributed by atoms with Crippen molar-refractivity contribution in [3.05, 3.63) is 0 Å². The lowest BCUT2D eigenvalue weighted by molar-refractivity contribution is -0.145. The molecule has 0 aromatic heterocycles. The first-order valence-corrected chi connectivity index (χ1v) is 4.05. The van der Waals surface area contributed by atoms with Gasteiger partial charge in [-0.05, 0) is 12.8 Å². The second-order valence-electron chi connectivity index (χ2n) is 2.66. The zero-order valence-electron chi connectivity index (χ0n) is 7.87. The minimum absolute atomic E-state index is 0. The number of esters is 1. The van der Waals surface area contributed by atoms with E-state index in [1.54, 1.807) is 6.92 Å². The smallest absolute Gasteiger partial charge is 0.323 e. The van der Waals surface area contributed by atoms with Crippen molar-refractivity contribution in [1.29, 1.82) is 0 Å². The molecule has 0 radical (unpaired) electrons. The largest absolute Gasteiger partial charge is 0.465 e. The van der Waals surface area contributed by atoms with Crippen LogP contribution in [-0.2, 0) is 9.53 Å². The number of hydrogen-bond acceptors (Lipinski definition) is 3. The van der Waals surface area contributed by atoms with Gasteiger partial charge in [0.05, 0.1) is 6.61 Å². The maximum atomic E-state index is 11.0. The Hall–Kier alpha value is -0.280. The molecule has 0 unspecified atom stereocenters. The second-order valence-corrected chi connectivity index (χ2v) is 2.66. The molecule has 0 spiro atoms. The van der Waals surface area contributed by atoms with Crippen molar-refractivity contribution in [3.63, 3.8) is 0 Å². The Morgan fingerprint density at radius 3 is 2.33 bits per heavy atom. The van der Waals surface area contributed by atoms with Crippen LogP contribution in [0.1, 0.15) is 27.2 Å². The summed E-state index contributed by atoms with van der Waals surface area (Å²) in [6.07, 6.45) is 0.903. The fourth-order valence-electron chi connectivity index (χ4n) is 0.725. The van der Waals surface area contributed by atoms with E-state index < -0.39 is 6.04 Å². The molecule has 0 aliphatic rings. The van der Waals surface area contributed by atoms with Gasteiger partial charge < -0.3 is 10.5 Å². The number of carbonyl (C=O) groups is 1. The molecule has 0 saturated carbocycles. The fraction of sp³-hybridized carbons (Fsp3) is 0.875. The van der Waals surface area contributed by atoms with E-state index >= 15 is 0 Å². The first kappa shape index (κ1) is 14.3. The topological polar surface area (TPSA) is 52.3 Å². The van der Waals surface area contributed by atoms with Crippen LogP contribution >= 0.6 is 12.4 Å². The van der Waals surface area contributed by atoms with Crippen LogP contribution in [-0.4, -0.2) is 18.6 Å². The molecule has 74 valence electrons. The summed E-state index contributed by atoms with van der Waals surface area (Å²) in [7, 11) is 0. The van der Waals surface area contributed by atoms with Crippen LogP contribution in [0.25, 0.3) is 0 Å². The van der Waals surface area contributed by atoms with Crippen LogP contribution in [0.2, 0.25) is 0 Å². The predicted molar refractivity (Wildman–Crippen MR) is 51.3 cm³/mol. The molecule has 2 N–H and O–H groups in total. The second kappa shape index (κ2) is 7.37. The molecule has 0 aromatic rings. The van der Waals surface area contributed by atoms with Crippen LogP contribution in [0.5, 0.6) is 0 Å². The lowest BCUT2D eigenvalue weighted by Gasteiger charge is -2.15. The molecular formula is C8H18ClNO2. The van der Waals surface area contributed by atoms with E-state index in [0.29, 0.717) is 6.61 Å². The molecule has 0 amide bonds. The summed E-state index contributed by atoms with van der Waals surface area (Å²) >= 11 is 0. The van der Waals surface area contributed by atoms with Crippen LogP contribution in [0.4, 0.5) is 0 Å². The maximum Gasteiger partial charge on any atom is 0.323 e. The first-order valence-electron chi connectivity index (χ1n) is 4.05. The lowest BCUT2D eigenvalue weighted by atomic mass is 10.0. The highest BCUT2D eigenvalue weighted by Crippen LogP contribution is 2.06. The molecule has 3 nitrogen and oxygen atoms in total. The zero-order chi connectivity index (χ0) is 8.85. The van der Waals surface area contributed by atoms with Gasteiger partial charge in [0.25, 0.3) is 0 Å². The van der Waals surface area contributed by atoms with Crippen molar-refractivity contribution >= 4 is 18.4 Å². The highest BCUT2D eigenvalue weighted by Gasteiger charge is 2.19. The van der Waals surface area contributed by atoms with Gasteiger partial charge in [-0.25, -0.2) is 0 Å². The molecular weight excluding hydrogens is 178 g/mol. The molecule has 0 aliphatic heterocycles. The molecule has 0 aromatic carbocycles. The lowest BCUT2D eigenvalue weighted by Crippen LogP contribution is -2.37. The van der Waals surface area contributed by atoms with E-state index in [2.05, 4.69) is 0 Å². The van der Waals surface area contributed by atoms with Gasteiger partial charge in [0.1, 0.15) is 6.04 Å². The predicted octanol–water partition coefficient (Wildman–Crippen LogP) is 1.34. The monoisotopic (exact) mass is 195 g/mol. The number of carbonyl (C=O) groups excluding carboxylic acids is 1. The Kier molecular flexibility index (Phi) is 8.76. The Bertz CT molecular complexity index is 130. The van der Waals surface area contributed by atoms with Crippen molar-refractivity contribution in [2.45, 2.75) is 33.2 Å². The molecule has 12 heavy (non-hydrogen) atoms. The van der Waals surface area contributed by atoms with E-state index in [0.717, 1.165) is 6.42 Å². The SMILES string of the molecule is CCOC(=O)[C@H](N)[C@H](C)CC.Cl. The van der Waals surface area contributed by atoms with Gasteiger partial charge in [-0.1, -0.05) is 20.3 Å². The average molecular weight is 196 g/mol. The van der Waals surface area contributed by atoms with Crippen molar-refractivity contribution in [3.8, 4) is 0 Å². The molecule has 0 aliphatic carbocycles. The summed E-state index contributed by atoms with van der Waals surface area (Å²) in [5.41, 5.74) is 5.58. The Balaban J connectivity index is 0. The summed E-state index contributed by atoms with van der Waals surface area (Å²) in [6.45, 7) is 6.13. The van der Waals surface area contributed by atoms with Crippen LogP contribution in [0.15, 0.2) is 0 Å². The summed E-state index contributed by atoms with van der Waals surface area (Å²) in [5, 5.41) is 0. The van der Waals surface area contributed by atoms with Gasteiger partial charge in [-0.2, -0.15) is 0 Å². The fourth-order valence-corrected chi connectivity index (χ4v) is 0.725. The third-order valence-corrected chi connectivity index (χ3v) is 1.82. The van der Waals surface area contributed by atoms with E-state index in [9.17, 15) is 4.79 Å². The molecule has 0 bridgehead atoms. The summed E-state index contributed by atoms with van der Waals surface area (Å²) < 4.78 is 4.76. The third kappa shape index (κ3) is 4.57. The molecule has 0 fully saturated rings. The van der Waals surface area contributed by atoms with Crippen molar-refractivity contribution < 1.29 is 9.53 Å². The molecule has 2 atom stereocenters. The van der Waals surface area contributed by atoms with E-state index in [4.69, 9.17) is 10.5 Å². The standard InChI is InChI=1S/C8H17NO2.ClH/c1-4-6(3)7(9)8(10)11-5-2;/h6-7H,4-5,9H2,1-3H3;1H/t6-,7-;/m1./s1. The van der Waals surface area contributed by atoms with Crippen molar-refractivity contribution in [2.24, 2.45) is 11.7 Å². The normalized spacial score (nSPS) is 14.3. The van der Waals surface area contributed by atoms with Crippen molar-refractivity contribution in [2.75, 3.05) is 6.61 Å². The summed E-state index contributed by atoms with van der Waals surface area (Å²) in [5.74, 6) is -0.0871. The van der Waals surface area contributed by atoms with Crippen LogP contribution < -0.4 is 5.73 Å². The highest BCUT2D eigenvalue weighted by atomic mass is 35.5. The number of rotatable bonds is 4. The Morgan fingerprint density at radius 1 is 1.50 bits per heavy atom. The molecule has 0 rings (SSSR count). The first-order chi connectivity index (χ1) is 5.13. The van der Waals surface area contributed by atoms with Gasteiger partial charge in [0.15, 0.2) is 0 Å². The molecule has 4 heteroatoms. The van der Waals surface area contributed by atoms with Gasteiger partial charge in [-0.3, -0.25) is 4.79 Å². The van der Waals surface area contributed by atoms with E-state index in [-0.39, 0.29) is 24.3 Å².